The largest absolute Gasteiger partial charge is 0.269 e. The molecule has 0 saturated carbocycles. The number of nitrogens with one attached hydrogen (secondary N) is 1. The van der Waals surface area contributed by atoms with E-state index >= 15 is 0 Å². The molecule has 0 aliphatic rings. The average Bonchev–Trinajstić information content (AvgIpc) is 2.54. The molecular weight excluding hydrogens is 372 g/mol. The summed E-state index contributed by atoms with van der Waals surface area (Å²) in [4.78, 5) is 0.153. The first-order valence-corrected chi connectivity index (χ1v) is 11.5. The zero-order valence-electron chi connectivity index (χ0n) is 15.4. The molecule has 0 aromatic heterocycles. The Labute approximate surface area is 156 Å². The van der Waals surface area contributed by atoms with Crippen LogP contribution in [0.15, 0.2) is 47.4 Å². The molecule has 6 nitrogen and oxygen atoms in total. The Morgan fingerprint density at radius 1 is 0.923 bits per heavy atom. The minimum atomic E-state index is -3.69. The molecule has 1 N–H and O–H groups in total. The van der Waals surface area contributed by atoms with Gasteiger partial charge in [0.15, 0.2) is 0 Å². The molecule has 0 unspecified atom stereocenters. The summed E-state index contributed by atoms with van der Waals surface area (Å²) < 4.78 is 52.8. The van der Waals surface area contributed by atoms with E-state index < -0.39 is 20.0 Å². The van der Waals surface area contributed by atoms with Crippen molar-refractivity contribution in [3.8, 4) is 0 Å². The summed E-state index contributed by atoms with van der Waals surface area (Å²) in [6, 6.07) is 11.9. The average molecular weight is 397 g/mol. The lowest BCUT2D eigenvalue weighted by molar-refractivity contribution is 0.578. The summed E-state index contributed by atoms with van der Waals surface area (Å²) in [7, 11) is -7.24. The Bertz CT molecular complexity index is 982. The van der Waals surface area contributed by atoms with Gasteiger partial charge in [-0.25, -0.2) is 21.6 Å². The zero-order valence-corrected chi connectivity index (χ0v) is 17.0. The van der Waals surface area contributed by atoms with Gasteiger partial charge in [0.1, 0.15) is 0 Å². The van der Waals surface area contributed by atoms with Crippen LogP contribution in [-0.2, 0) is 20.0 Å². The molecular formula is C18H24N2O4S2. The van der Waals surface area contributed by atoms with Crippen LogP contribution < -0.4 is 9.03 Å². The third kappa shape index (κ3) is 4.84. The lowest BCUT2D eigenvalue weighted by atomic mass is 10.1. The van der Waals surface area contributed by atoms with E-state index in [9.17, 15) is 16.8 Å². The lowest BCUT2D eigenvalue weighted by Gasteiger charge is -2.25. The molecule has 2 aromatic carbocycles. The predicted octanol–water partition coefficient (Wildman–Crippen LogP) is 2.36. The minimum absolute atomic E-state index is 0.00815. The van der Waals surface area contributed by atoms with Crippen molar-refractivity contribution in [2.24, 2.45) is 0 Å². The zero-order chi connectivity index (χ0) is 19.5. The Balaban J connectivity index is 2.18. The fourth-order valence-corrected chi connectivity index (χ4v) is 4.55. The van der Waals surface area contributed by atoms with Crippen LogP contribution in [0.25, 0.3) is 0 Å². The van der Waals surface area contributed by atoms with Gasteiger partial charge in [-0.3, -0.25) is 4.31 Å². The summed E-state index contributed by atoms with van der Waals surface area (Å²) in [5.41, 5.74) is 3.33. The van der Waals surface area contributed by atoms with E-state index in [-0.39, 0.29) is 18.0 Å². The molecule has 0 spiro atoms. The fourth-order valence-electron chi connectivity index (χ4n) is 2.55. The minimum Gasteiger partial charge on any atom is -0.269 e. The third-order valence-electron chi connectivity index (χ3n) is 4.18. The number of benzene rings is 2. The second kappa shape index (κ2) is 7.77. The van der Waals surface area contributed by atoms with Gasteiger partial charge >= 0.3 is 0 Å². The van der Waals surface area contributed by atoms with Crippen LogP contribution in [0.2, 0.25) is 0 Å². The van der Waals surface area contributed by atoms with Gasteiger partial charge in [0, 0.05) is 13.1 Å². The monoisotopic (exact) mass is 396 g/mol. The maximum Gasteiger partial charge on any atom is 0.240 e. The van der Waals surface area contributed by atoms with Crippen molar-refractivity contribution in [2.75, 3.05) is 23.7 Å². The van der Waals surface area contributed by atoms with Crippen LogP contribution >= 0.6 is 0 Å². The van der Waals surface area contributed by atoms with Gasteiger partial charge in [0.2, 0.25) is 20.0 Å². The Hall–Kier alpha value is -1.90. The predicted molar refractivity (Wildman–Crippen MR) is 104 cm³/mol. The van der Waals surface area contributed by atoms with Gasteiger partial charge in [0.25, 0.3) is 0 Å². The molecule has 2 aromatic rings. The number of aryl methyl sites for hydroxylation is 2. The SMILES string of the molecule is Cc1ccc(S(=O)(=O)NCCN(c2cccc(C)c2C)S(C)(=O)=O)cc1. The van der Waals surface area contributed by atoms with Crippen LogP contribution in [0.1, 0.15) is 16.7 Å². The molecule has 0 aliphatic carbocycles. The van der Waals surface area contributed by atoms with Crippen LogP contribution in [-0.4, -0.2) is 36.2 Å². The molecule has 142 valence electrons. The van der Waals surface area contributed by atoms with Crippen LogP contribution in [0.5, 0.6) is 0 Å². The van der Waals surface area contributed by atoms with Gasteiger partial charge in [-0.15, -0.1) is 0 Å². The van der Waals surface area contributed by atoms with Crippen LogP contribution in [0.4, 0.5) is 5.69 Å². The molecule has 8 heteroatoms. The summed E-state index contributed by atoms with van der Waals surface area (Å²) in [6.45, 7) is 5.60. The van der Waals surface area contributed by atoms with E-state index in [0.717, 1.165) is 22.9 Å². The third-order valence-corrected chi connectivity index (χ3v) is 6.84. The van der Waals surface area contributed by atoms with Crippen molar-refractivity contribution in [3.63, 3.8) is 0 Å². The second-order valence-electron chi connectivity index (χ2n) is 6.26. The number of nitrogens with zero attached hydrogens (tertiary/aromatic N) is 1. The normalized spacial score (nSPS) is 12.2. The summed E-state index contributed by atoms with van der Waals surface area (Å²) >= 11 is 0. The van der Waals surface area contributed by atoms with E-state index in [0.29, 0.717) is 5.69 Å². The molecule has 0 bridgehead atoms. The van der Waals surface area contributed by atoms with Crippen molar-refractivity contribution < 1.29 is 16.8 Å². The number of rotatable bonds is 7. The van der Waals surface area contributed by atoms with Crippen molar-refractivity contribution in [1.29, 1.82) is 0 Å². The van der Waals surface area contributed by atoms with Gasteiger partial charge in [0.05, 0.1) is 16.8 Å². The standard InChI is InChI=1S/C18H24N2O4S2/c1-14-8-10-17(11-9-14)26(23,24)19-12-13-20(25(4,21)22)18-7-5-6-15(2)16(18)3/h5-11,19H,12-13H2,1-4H3. The molecule has 0 heterocycles. The number of anilines is 1. The Morgan fingerprint density at radius 3 is 2.12 bits per heavy atom. The van der Waals surface area contributed by atoms with Crippen molar-refractivity contribution in [3.05, 3.63) is 59.2 Å². The highest BCUT2D eigenvalue weighted by Gasteiger charge is 2.21. The lowest BCUT2D eigenvalue weighted by Crippen LogP contribution is -2.38. The van der Waals surface area contributed by atoms with Crippen molar-refractivity contribution >= 4 is 25.7 Å². The van der Waals surface area contributed by atoms with Gasteiger partial charge in [-0.05, 0) is 50.1 Å². The van der Waals surface area contributed by atoms with Gasteiger partial charge in [-0.1, -0.05) is 29.8 Å². The highest BCUT2D eigenvalue weighted by Crippen LogP contribution is 2.24. The van der Waals surface area contributed by atoms with Gasteiger partial charge in [-0.2, -0.15) is 0 Å². The first-order valence-electron chi connectivity index (χ1n) is 8.12. The van der Waals surface area contributed by atoms with E-state index in [1.807, 2.05) is 26.8 Å². The molecule has 0 amide bonds. The van der Waals surface area contributed by atoms with E-state index in [1.54, 1.807) is 24.3 Å². The Morgan fingerprint density at radius 2 is 1.54 bits per heavy atom. The highest BCUT2D eigenvalue weighted by molar-refractivity contribution is 7.92. The number of sulfonamides is 2. The van der Waals surface area contributed by atoms with E-state index in [1.165, 1.54) is 16.4 Å². The van der Waals surface area contributed by atoms with Crippen LogP contribution in [0.3, 0.4) is 0 Å². The second-order valence-corrected chi connectivity index (χ2v) is 9.94. The first kappa shape index (κ1) is 20.4. The van der Waals surface area contributed by atoms with Crippen LogP contribution in [0, 0.1) is 20.8 Å². The Kier molecular flexibility index (Phi) is 6.10. The quantitative estimate of drug-likeness (QED) is 0.779. The smallest absolute Gasteiger partial charge is 0.240 e. The summed E-state index contributed by atoms with van der Waals surface area (Å²) in [5.74, 6) is 0. The summed E-state index contributed by atoms with van der Waals surface area (Å²) in [5, 5.41) is 0. The fraction of sp³-hybridized carbons (Fsp3) is 0.333. The topological polar surface area (TPSA) is 83.6 Å². The number of hydrogen-bond donors (Lipinski definition) is 1. The molecule has 26 heavy (non-hydrogen) atoms. The van der Waals surface area contributed by atoms with Crippen molar-refractivity contribution in [2.45, 2.75) is 25.7 Å². The molecule has 2 rings (SSSR count). The number of hydrogen-bond acceptors (Lipinski definition) is 4. The maximum absolute atomic E-state index is 12.4. The molecule has 0 atom stereocenters. The molecule has 0 fully saturated rings. The molecule has 0 saturated heterocycles. The maximum atomic E-state index is 12.4. The van der Waals surface area contributed by atoms with Gasteiger partial charge < -0.3 is 0 Å². The molecule has 0 aliphatic heterocycles. The molecule has 0 radical (unpaired) electrons. The summed E-state index contributed by atoms with van der Waals surface area (Å²) in [6.07, 6.45) is 1.11. The van der Waals surface area contributed by atoms with E-state index in [4.69, 9.17) is 0 Å². The first-order chi connectivity index (χ1) is 12.0. The van der Waals surface area contributed by atoms with Crippen molar-refractivity contribution in [1.82, 2.24) is 4.72 Å². The highest BCUT2D eigenvalue weighted by atomic mass is 32.2. The van der Waals surface area contributed by atoms with E-state index in [2.05, 4.69) is 4.72 Å².